The summed E-state index contributed by atoms with van der Waals surface area (Å²) in [4.78, 5) is 19.3. The Bertz CT molecular complexity index is 489. The molecular formula is C13H20N4O3. The average Bonchev–Trinajstić information content (AvgIpc) is 3.23. The second-order valence-electron chi connectivity index (χ2n) is 4.85. The largest absolute Gasteiger partial charge is 0.473 e. The van der Waals surface area contributed by atoms with Crippen LogP contribution in [0, 0.1) is 10.1 Å². The highest BCUT2D eigenvalue weighted by atomic mass is 16.6. The molecule has 0 amide bonds. The third-order valence-electron chi connectivity index (χ3n) is 3.08. The topological polar surface area (TPSA) is 90.2 Å². The van der Waals surface area contributed by atoms with Gasteiger partial charge in [-0.15, -0.1) is 0 Å². The van der Waals surface area contributed by atoms with Crippen molar-refractivity contribution in [1.29, 1.82) is 0 Å². The number of ether oxygens (including phenoxy) is 1. The molecule has 0 aliphatic heterocycles. The molecule has 110 valence electrons. The molecule has 1 heterocycles. The van der Waals surface area contributed by atoms with E-state index in [0.717, 1.165) is 25.7 Å². The number of nitro groups is 1. The van der Waals surface area contributed by atoms with Gasteiger partial charge in [-0.2, -0.15) is 4.98 Å². The molecule has 1 saturated carbocycles. The second kappa shape index (κ2) is 6.49. The van der Waals surface area contributed by atoms with Crippen molar-refractivity contribution in [2.24, 2.45) is 0 Å². The standard InChI is InChI=1S/C13H20N4O3/c1-3-5-8-20-13-10(17(18)19)12(14-4-2)15-11(16-13)9-6-7-9/h9H,3-8H2,1-2H3,(H,14,15,16). The molecule has 1 aromatic heterocycles. The first kappa shape index (κ1) is 14.5. The van der Waals surface area contributed by atoms with Gasteiger partial charge in [0.25, 0.3) is 5.88 Å². The Hall–Kier alpha value is -1.92. The van der Waals surface area contributed by atoms with Gasteiger partial charge in [-0.25, -0.2) is 4.98 Å². The van der Waals surface area contributed by atoms with Crippen LogP contribution in [0.25, 0.3) is 0 Å². The van der Waals surface area contributed by atoms with E-state index in [1.807, 2.05) is 13.8 Å². The first-order valence-electron chi connectivity index (χ1n) is 7.10. The average molecular weight is 280 g/mol. The number of hydrogen-bond acceptors (Lipinski definition) is 6. The highest BCUT2D eigenvalue weighted by Gasteiger charge is 2.32. The Morgan fingerprint density at radius 3 is 2.70 bits per heavy atom. The summed E-state index contributed by atoms with van der Waals surface area (Å²) in [6.45, 7) is 4.91. The van der Waals surface area contributed by atoms with E-state index in [4.69, 9.17) is 4.74 Å². The third kappa shape index (κ3) is 3.34. The zero-order valence-electron chi connectivity index (χ0n) is 11.9. The number of anilines is 1. The van der Waals surface area contributed by atoms with E-state index in [-0.39, 0.29) is 17.4 Å². The van der Waals surface area contributed by atoms with Crippen LogP contribution in [0.15, 0.2) is 0 Å². The Labute approximate surface area is 117 Å². The van der Waals surface area contributed by atoms with Crippen molar-refractivity contribution >= 4 is 11.5 Å². The van der Waals surface area contributed by atoms with Crippen molar-refractivity contribution in [3.05, 3.63) is 15.9 Å². The minimum atomic E-state index is -0.476. The predicted octanol–water partition coefficient (Wildman–Crippen LogP) is 2.87. The van der Waals surface area contributed by atoms with Gasteiger partial charge in [0, 0.05) is 12.5 Å². The molecule has 0 saturated heterocycles. The minimum Gasteiger partial charge on any atom is -0.473 e. The van der Waals surface area contributed by atoms with E-state index in [0.29, 0.717) is 24.9 Å². The van der Waals surface area contributed by atoms with Gasteiger partial charge in [-0.3, -0.25) is 10.1 Å². The van der Waals surface area contributed by atoms with Crippen LogP contribution >= 0.6 is 0 Å². The van der Waals surface area contributed by atoms with Gasteiger partial charge >= 0.3 is 5.69 Å². The Morgan fingerprint density at radius 2 is 2.15 bits per heavy atom. The first-order chi connectivity index (χ1) is 9.67. The summed E-state index contributed by atoms with van der Waals surface area (Å²) in [5.41, 5.74) is -0.160. The summed E-state index contributed by atoms with van der Waals surface area (Å²) in [6.07, 6.45) is 3.89. The summed E-state index contributed by atoms with van der Waals surface area (Å²) in [7, 11) is 0. The van der Waals surface area contributed by atoms with Gasteiger partial charge in [-0.05, 0) is 26.2 Å². The molecule has 1 aromatic rings. The molecular weight excluding hydrogens is 260 g/mol. The zero-order chi connectivity index (χ0) is 14.5. The van der Waals surface area contributed by atoms with Crippen LogP contribution in [0.2, 0.25) is 0 Å². The molecule has 7 heteroatoms. The molecule has 2 rings (SSSR count). The van der Waals surface area contributed by atoms with E-state index >= 15 is 0 Å². The summed E-state index contributed by atoms with van der Waals surface area (Å²) in [6, 6.07) is 0. The summed E-state index contributed by atoms with van der Waals surface area (Å²) >= 11 is 0. The summed E-state index contributed by atoms with van der Waals surface area (Å²) < 4.78 is 5.51. The number of aromatic nitrogens is 2. The normalized spacial score (nSPS) is 14.1. The molecule has 0 aromatic carbocycles. The quantitative estimate of drug-likeness (QED) is 0.447. The van der Waals surface area contributed by atoms with Gasteiger partial charge < -0.3 is 10.1 Å². The van der Waals surface area contributed by atoms with Crippen molar-refractivity contribution in [1.82, 2.24) is 9.97 Å². The van der Waals surface area contributed by atoms with Crippen LogP contribution in [0.4, 0.5) is 11.5 Å². The molecule has 1 aliphatic rings. The number of rotatable bonds is 8. The second-order valence-corrected chi connectivity index (χ2v) is 4.85. The lowest BCUT2D eigenvalue weighted by Crippen LogP contribution is -2.11. The van der Waals surface area contributed by atoms with E-state index in [9.17, 15) is 10.1 Å². The monoisotopic (exact) mass is 280 g/mol. The molecule has 20 heavy (non-hydrogen) atoms. The van der Waals surface area contributed by atoms with Crippen molar-refractivity contribution in [2.75, 3.05) is 18.5 Å². The fourth-order valence-electron chi connectivity index (χ4n) is 1.84. The van der Waals surface area contributed by atoms with E-state index in [1.165, 1.54) is 0 Å². The SMILES string of the molecule is CCCCOc1nc(C2CC2)nc(NCC)c1[N+](=O)[O-]. The van der Waals surface area contributed by atoms with Gasteiger partial charge in [0.2, 0.25) is 5.82 Å². The van der Waals surface area contributed by atoms with Crippen LogP contribution < -0.4 is 10.1 Å². The number of nitrogens with zero attached hydrogens (tertiary/aromatic N) is 3. The van der Waals surface area contributed by atoms with Crippen molar-refractivity contribution in [2.45, 2.75) is 45.4 Å². The van der Waals surface area contributed by atoms with E-state index in [1.54, 1.807) is 0 Å². The van der Waals surface area contributed by atoms with Gasteiger partial charge in [0.1, 0.15) is 5.82 Å². The van der Waals surface area contributed by atoms with Gasteiger partial charge in [0.05, 0.1) is 11.5 Å². The maximum atomic E-state index is 11.3. The maximum Gasteiger partial charge on any atom is 0.372 e. The highest BCUT2D eigenvalue weighted by Crippen LogP contribution is 2.41. The fraction of sp³-hybridized carbons (Fsp3) is 0.692. The first-order valence-corrected chi connectivity index (χ1v) is 7.10. The lowest BCUT2D eigenvalue weighted by Gasteiger charge is -2.10. The smallest absolute Gasteiger partial charge is 0.372 e. The van der Waals surface area contributed by atoms with E-state index in [2.05, 4.69) is 15.3 Å². The molecule has 1 aliphatic carbocycles. The lowest BCUT2D eigenvalue weighted by atomic mass is 10.3. The molecule has 1 fully saturated rings. The molecule has 0 bridgehead atoms. The molecule has 1 N–H and O–H groups in total. The number of nitrogens with one attached hydrogen (secondary N) is 1. The van der Waals surface area contributed by atoms with Crippen molar-refractivity contribution in [3.63, 3.8) is 0 Å². The molecule has 7 nitrogen and oxygen atoms in total. The Balaban J connectivity index is 2.34. The molecule has 0 radical (unpaired) electrons. The lowest BCUT2D eigenvalue weighted by molar-refractivity contribution is -0.385. The highest BCUT2D eigenvalue weighted by molar-refractivity contribution is 5.62. The van der Waals surface area contributed by atoms with Gasteiger partial charge in [-0.1, -0.05) is 13.3 Å². The summed E-state index contributed by atoms with van der Waals surface area (Å²) in [5, 5.41) is 14.2. The van der Waals surface area contributed by atoms with Crippen molar-refractivity contribution in [3.8, 4) is 5.88 Å². The minimum absolute atomic E-state index is 0.0938. The van der Waals surface area contributed by atoms with Crippen LogP contribution in [0.1, 0.15) is 51.3 Å². The fourth-order valence-corrected chi connectivity index (χ4v) is 1.84. The van der Waals surface area contributed by atoms with E-state index < -0.39 is 4.92 Å². The van der Waals surface area contributed by atoms with Crippen LogP contribution in [-0.2, 0) is 0 Å². The Kier molecular flexibility index (Phi) is 4.70. The van der Waals surface area contributed by atoms with Gasteiger partial charge in [0.15, 0.2) is 0 Å². The van der Waals surface area contributed by atoms with Crippen molar-refractivity contribution < 1.29 is 9.66 Å². The maximum absolute atomic E-state index is 11.3. The molecule has 0 atom stereocenters. The van der Waals surface area contributed by atoms with Crippen LogP contribution in [-0.4, -0.2) is 28.0 Å². The Morgan fingerprint density at radius 1 is 1.40 bits per heavy atom. The predicted molar refractivity (Wildman–Crippen MR) is 75.2 cm³/mol. The van der Waals surface area contributed by atoms with Crippen LogP contribution in [0.5, 0.6) is 5.88 Å². The summed E-state index contributed by atoms with van der Waals surface area (Å²) in [5.74, 6) is 1.33. The molecule has 0 spiro atoms. The number of unbranched alkanes of at least 4 members (excludes halogenated alkanes) is 1. The third-order valence-corrected chi connectivity index (χ3v) is 3.08. The molecule has 0 unspecified atom stereocenters. The number of hydrogen-bond donors (Lipinski definition) is 1. The zero-order valence-corrected chi connectivity index (χ0v) is 11.9. The van der Waals surface area contributed by atoms with Crippen LogP contribution in [0.3, 0.4) is 0 Å².